The Morgan fingerprint density at radius 2 is 2.05 bits per heavy atom. The van der Waals surface area contributed by atoms with E-state index in [4.69, 9.17) is 17.3 Å². The zero-order valence-electron chi connectivity index (χ0n) is 10.8. The van der Waals surface area contributed by atoms with Crippen molar-refractivity contribution < 1.29 is 9.72 Å². The number of carbonyl (C=O) groups is 1. The molecule has 3 N–H and O–H groups in total. The molecule has 6 nitrogen and oxygen atoms in total. The summed E-state index contributed by atoms with van der Waals surface area (Å²) < 4.78 is 0. The summed E-state index contributed by atoms with van der Waals surface area (Å²) in [6.45, 7) is 3.63. The van der Waals surface area contributed by atoms with E-state index in [2.05, 4.69) is 5.32 Å². The van der Waals surface area contributed by atoms with Crippen LogP contribution in [0.4, 0.5) is 11.4 Å². The maximum Gasteiger partial charge on any atom is 0.289 e. The first-order valence-electron chi connectivity index (χ1n) is 5.88. The van der Waals surface area contributed by atoms with Gasteiger partial charge in [0.05, 0.1) is 10.5 Å². The van der Waals surface area contributed by atoms with Crippen molar-refractivity contribution in [1.82, 2.24) is 0 Å². The fourth-order valence-corrected chi connectivity index (χ4v) is 1.74. The van der Waals surface area contributed by atoms with Gasteiger partial charge in [-0.2, -0.15) is 0 Å². The molecule has 0 spiro atoms. The topological polar surface area (TPSA) is 98.3 Å². The predicted octanol–water partition coefficient (Wildman–Crippen LogP) is 2.70. The summed E-state index contributed by atoms with van der Waals surface area (Å²) in [5.41, 5.74) is 5.01. The summed E-state index contributed by atoms with van der Waals surface area (Å²) in [5, 5.41) is 13.4. The van der Waals surface area contributed by atoms with Crippen LogP contribution in [0.5, 0.6) is 0 Å². The molecule has 0 aliphatic heterocycles. The number of nitrogens with two attached hydrogens (primary N) is 1. The van der Waals surface area contributed by atoms with E-state index in [1.54, 1.807) is 0 Å². The fourth-order valence-electron chi connectivity index (χ4n) is 1.56. The van der Waals surface area contributed by atoms with Gasteiger partial charge in [0.2, 0.25) is 5.91 Å². The van der Waals surface area contributed by atoms with Crippen LogP contribution < -0.4 is 11.1 Å². The number of hydrogen-bond donors (Lipinski definition) is 2. The Bertz CT molecular complexity index is 501. The molecule has 0 aliphatic carbocycles. The average Bonchev–Trinajstić information content (AvgIpc) is 2.39. The molecule has 0 unspecified atom stereocenters. The van der Waals surface area contributed by atoms with Crippen LogP contribution in [-0.4, -0.2) is 16.4 Å². The predicted molar refractivity (Wildman–Crippen MR) is 74.2 cm³/mol. The molecule has 0 heterocycles. The fraction of sp³-hybridized carbons (Fsp3) is 0.417. The zero-order valence-corrected chi connectivity index (χ0v) is 11.5. The number of nitrogens with one attached hydrogen (secondary N) is 1. The lowest BCUT2D eigenvalue weighted by molar-refractivity contribution is -0.384. The Morgan fingerprint density at radius 1 is 1.47 bits per heavy atom. The Hall–Kier alpha value is -1.66. The van der Waals surface area contributed by atoms with Gasteiger partial charge in [0.1, 0.15) is 5.02 Å². The smallest absolute Gasteiger partial charge is 0.289 e. The van der Waals surface area contributed by atoms with Gasteiger partial charge in [-0.15, -0.1) is 0 Å². The Morgan fingerprint density at radius 3 is 2.53 bits per heavy atom. The minimum atomic E-state index is -0.978. The highest BCUT2D eigenvalue weighted by Crippen LogP contribution is 2.28. The van der Waals surface area contributed by atoms with Gasteiger partial charge in [-0.05, 0) is 25.0 Å². The molecule has 1 aromatic carbocycles. The average molecular weight is 286 g/mol. The summed E-state index contributed by atoms with van der Waals surface area (Å²) >= 11 is 5.69. The molecule has 0 atom stereocenters. The SMILES string of the molecule is CCC(N)(CC)C(=O)Nc1ccc(Cl)c([N+](=O)[O-])c1. The summed E-state index contributed by atoms with van der Waals surface area (Å²) in [6, 6.07) is 4.08. The van der Waals surface area contributed by atoms with Crippen molar-refractivity contribution in [2.75, 3.05) is 5.32 Å². The van der Waals surface area contributed by atoms with Gasteiger partial charge in [-0.25, -0.2) is 0 Å². The molecule has 7 heteroatoms. The van der Waals surface area contributed by atoms with Gasteiger partial charge in [-0.1, -0.05) is 25.4 Å². The second-order valence-corrected chi connectivity index (χ2v) is 4.65. The summed E-state index contributed by atoms with van der Waals surface area (Å²) in [7, 11) is 0. The molecule has 104 valence electrons. The highest BCUT2D eigenvalue weighted by Gasteiger charge is 2.30. The lowest BCUT2D eigenvalue weighted by Crippen LogP contribution is -2.50. The highest BCUT2D eigenvalue weighted by molar-refractivity contribution is 6.32. The maximum atomic E-state index is 12.0. The molecule has 0 saturated carbocycles. The Balaban J connectivity index is 2.98. The highest BCUT2D eigenvalue weighted by atomic mass is 35.5. The number of carbonyl (C=O) groups excluding carboxylic acids is 1. The van der Waals surface area contributed by atoms with Gasteiger partial charge >= 0.3 is 0 Å². The van der Waals surface area contributed by atoms with E-state index >= 15 is 0 Å². The minimum absolute atomic E-state index is 0.0213. The number of halogens is 1. The van der Waals surface area contributed by atoms with Crippen LogP contribution in [0, 0.1) is 10.1 Å². The Kier molecular flexibility index (Phi) is 4.85. The monoisotopic (exact) mass is 285 g/mol. The van der Waals surface area contributed by atoms with E-state index < -0.39 is 10.5 Å². The standard InChI is InChI=1S/C12H16ClN3O3/c1-3-12(14,4-2)11(17)15-8-5-6-9(13)10(7-8)16(18)19/h5-7H,3-4,14H2,1-2H3,(H,15,17). The molecule has 0 aromatic heterocycles. The summed E-state index contributed by atoms with van der Waals surface area (Å²) in [4.78, 5) is 22.2. The molecule has 0 bridgehead atoms. The van der Waals surface area contributed by atoms with Gasteiger partial charge in [0.15, 0.2) is 0 Å². The molecular formula is C12H16ClN3O3. The number of rotatable bonds is 5. The second kappa shape index (κ2) is 5.99. The first-order chi connectivity index (χ1) is 8.84. The van der Waals surface area contributed by atoms with Crippen LogP contribution in [0.1, 0.15) is 26.7 Å². The summed E-state index contributed by atoms with van der Waals surface area (Å²) in [6.07, 6.45) is 0.954. The van der Waals surface area contributed by atoms with E-state index in [-0.39, 0.29) is 16.6 Å². The van der Waals surface area contributed by atoms with Gasteiger partial charge in [0, 0.05) is 11.8 Å². The van der Waals surface area contributed by atoms with Gasteiger partial charge < -0.3 is 11.1 Å². The molecular weight excluding hydrogens is 270 g/mol. The molecule has 0 fully saturated rings. The van der Waals surface area contributed by atoms with Crippen molar-refractivity contribution >= 4 is 28.9 Å². The van der Waals surface area contributed by atoms with Crippen molar-refractivity contribution in [1.29, 1.82) is 0 Å². The molecule has 0 aliphatic rings. The van der Waals surface area contributed by atoms with Gasteiger partial charge in [0.25, 0.3) is 5.69 Å². The number of nitrogens with zero attached hydrogens (tertiary/aromatic N) is 1. The second-order valence-electron chi connectivity index (χ2n) is 4.24. The summed E-state index contributed by atoms with van der Waals surface area (Å²) in [5.74, 6) is -0.367. The molecule has 0 radical (unpaired) electrons. The van der Waals surface area contributed by atoms with Crippen LogP contribution in [-0.2, 0) is 4.79 Å². The molecule has 1 amide bonds. The number of nitro benzene ring substituents is 1. The van der Waals surface area contributed by atoms with Crippen LogP contribution in [0.15, 0.2) is 18.2 Å². The molecule has 1 aromatic rings. The number of nitro groups is 1. The number of benzene rings is 1. The third kappa shape index (κ3) is 3.42. The molecule has 0 saturated heterocycles. The lowest BCUT2D eigenvalue weighted by Gasteiger charge is -2.25. The third-order valence-corrected chi connectivity index (χ3v) is 3.43. The van der Waals surface area contributed by atoms with E-state index in [0.717, 1.165) is 0 Å². The van der Waals surface area contributed by atoms with E-state index in [9.17, 15) is 14.9 Å². The number of amides is 1. The normalized spacial score (nSPS) is 11.2. The van der Waals surface area contributed by atoms with Crippen LogP contribution >= 0.6 is 11.6 Å². The Labute approximate surface area is 116 Å². The zero-order chi connectivity index (χ0) is 14.6. The van der Waals surface area contributed by atoms with Gasteiger partial charge in [-0.3, -0.25) is 14.9 Å². The van der Waals surface area contributed by atoms with Crippen molar-refractivity contribution in [3.63, 3.8) is 0 Å². The maximum absolute atomic E-state index is 12.0. The van der Waals surface area contributed by atoms with Crippen molar-refractivity contribution in [3.8, 4) is 0 Å². The first kappa shape index (κ1) is 15.4. The van der Waals surface area contributed by atoms with E-state index in [0.29, 0.717) is 18.5 Å². The lowest BCUT2D eigenvalue weighted by atomic mass is 9.93. The molecule has 19 heavy (non-hydrogen) atoms. The van der Waals surface area contributed by atoms with Crippen molar-refractivity contribution in [3.05, 3.63) is 33.3 Å². The minimum Gasteiger partial charge on any atom is -0.324 e. The van der Waals surface area contributed by atoms with Crippen molar-refractivity contribution in [2.24, 2.45) is 5.73 Å². The third-order valence-electron chi connectivity index (χ3n) is 3.11. The quantitative estimate of drug-likeness (QED) is 0.642. The van der Waals surface area contributed by atoms with Crippen molar-refractivity contribution in [2.45, 2.75) is 32.2 Å². The van der Waals surface area contributed by atoms with Crippen LogP contribution in [0.2, 0.25) is 5.02 Å². The largest absolute Gasteiger partial charge is 0.324 e. The number of anilines is 1. The first-order valence-corrected chi connectivity index (χ1v) is 6.26. The van der Waals surface area contributed by atoms with Crippen LogP contribution in [0.3, 0.4) is 0 Å². The van der Waals surface area contributed by atoms with Crippen LogP contribution in [0.25, 0.3) is 0 Å². The number of hydrogen-bond acceptors (Lipinski definition) is 4. The van der Waals surface area contributed by atoms with E-state index in [1.165, 1.54) is 18.2 Å². The molecule has 1 rings (SSSR count). The van der Waals surface area contributed by atoms with E-state index in [1.807, 2.05) is 13.8 Å².